The number of rotatable bonds is 9. The Morgan fingerprint density at radius 3 is 3.03 bits per heavy atom. The summed E-state index contributed by atoms with van der Waals surface area (Å²) < 4.78 is 14.1. The summed E-state index contributed by atoms with van der Waals surface area (Å²) in [5.41, 5.74) is 8.20. The molecule has 30 heavy (non-hydrogen) atoms. The number of nitrogens with one attached hydrogen (secondary N) is 1. The van der Waals surface area contributed by atoms with E-state index in [0.29, 0.717) is 19.3 Å². The maximum atomic E-state index is 14.1. The van der Waals surface area contributed by atoms with Crippen LogP contribution in [0.5, 0.6) is 0 Å². The summed E-state index contributed by atoms with van der Waals surface area (Å²) in [5.74, 6) is -0.119. The largest absolute Gasteiger partial charge is 0.404 e. The van der Waals surface area contributed by atoms with Gasteiger partial charge in [-0.15, -0.1) is 0 Å². The SMILES string of the molecule is [B]C(CCc1ncc(F)cc1[C@@H]1CCCN1N(C)C(=N/C=C\C)C(C)=CN)NC=O. The summed E-state index contributed by atoms with van der Waals surface area (Å²) in [6.07, 6.45) is 9.77. The number of amidine groups is 1. The van der Waals surface area contributed by atoms with Crippen molar-refractivity contribution in [3.63, 3.8) is 0 Å². The molecule has 0 aliphatic carbocycles. The molecule has 3 N–H and O–H groups in total. The van der Waals surface area contributed by atoms with Gasteiger partial charge >= 0.3 is 0 Å². The van der Waals surface area contributed by atoms with Crippen molar-refractivity contribution in [2.45, 2.75) is 51.5 Å². The number of likely N-dealkylation sites (N-methyl/N-ethyl adjacent to an activating group) is 1. The number of hydrogen-bond acceptors (Lipinski definition) is 5. The van der Waals surface area contributed by atoms with Gasteiger partial charge in [-0.1, -0.05) is 6.08 Å². The minimum atomic E-state index is -0.471. The molecule has 2 rings (SSSR count). The topological polar surface area (TPSA) is 86.8 Å². The molecule has 7 nitrogen and oxygen atoms in total. The molecule has 160 valence electrons. The summed E-state index contributed by atoms with van der Waals surface area (Å²) in [6, 6.07) is 1.50. The zero-order chi connectivity index (χ0) is 22.1. The van der Waals surface area contributed by atoms with E-state index in [0.717, 1.165) is 42.1 Å². The smallest absolute Gasteiger partial charge is 0.206 e. The van der Waals surface area contributed by atoms with Crippen molar-refractivity contribution in [3.8, 4) is 0 Å². The zero-order valence-corrected chi connectivity index (χ0v) is 17.9. The number of pyridine rings is 1. The summed E-state index contributed by atoms with van der Waals surface area (Å²) in [6.45, 7) is 4.60. The predicted molar refractivity (Wildman–Crippen MR) is 118 cm³/mol. The molecule has 9 heteroatoms. The summed E-state index contributed by atoms with van der Waals surface area (Å²) >= 11 is 0. The average Bonchev–Trinajstić information content (AvgIpc) is 3.22. The third-order valence-corrected chi connectivity index (χ3v) is 5.17. The van der Waals surface area contributed by atoms with Gasteiger partial charge in [0.15, 0.2) is 0 Å². The highest BCUT2D eigenvalue weighted by Gasteiger charge is 2.33. The van der Waals surface area contributed by atoms with Crippen LogP contribution in [0, 0.1) is 5.82 Å². The van der Waals surface area contributed by atoms with E-state index in [1.807, 2.05) is 32.0 Å². The van der Waals surface area contributed by atoms with Gasteiger partial charge in [-0.2, -0.15) is 0 Å². The van der Waals surface area contributed by atoms with Crippen LogP contribution in [0.15, 0.2) is 41.3 Å². The first kappa shape index (κ1) is 23.6. The van der Waals surface area contributed by atoms with E-state index >= 15 is 0 Å². The van der Waals surface area contributed by atoms with Gasteiger partial charge in [-0.05, 0) is 57.1 Å². The molecular formula is C21H30BFN6O. The van der Waals surface area contributed by atoms with Crippen LogP contribution in [0.25, 0.3) is 0 Å². The van der Waals surface area contributed by atoms with Crippen molar-refractivity contribution >= 4 is 20.1 Å². The predicted octanol–water partition coefficient (Wildman–Crippen LogP) is 2.17. The van der Waals surface area contributed by atoms with Crippen molar-refractivity contribution in [1.82, 2.24) is 20.3 Å². The van der Waals surface area contributed by atoms with Gasteiger partial charge in [0.2, 0.25) is 6.41 Å². The molecule has 1 aliphatic heterocycles. The van der Waals surface area contributed by atoms with Crippen LogP contribution in [-0.2, 0) is 11.2 Å². The number of amides is 1. The van der Waals surface area contributed by atoms with Crippen molar-refractivity contribution in [2.75, 3.05) is 13.6 Å². The van der Waals surface area contributed by atoms with Gasteiger partial charge in [0.25, 0.3) is 0 Å². The number of nitrogens with two attached hydrogens (primary N) is 1. The highest BCUT2D eigenvalue weighted by atomic mass is 19.1. The van der Waals surface area contributed by atoms with Crippen LogP contribution in [0.3, 0.4) is 0 Å². The zero-order valence-electron chi connectivity index (χ0n) is 17.9. The standard InChI is InChI=1S/C21H30BFN6O/c1-4-9-25-21(15(2)12-24)28(3)29-10-5-6-19(29)17-11-16(23)13-26-18(17)7-8-20(22)27-14-30/h4,9,11-14,19-20H,5-8,10,24H2,1-3H3,(H,27,30)/b9-4-,15-12?,25-21?/t19-,20?/m0/s1. The minimum absolute atomic E-state index is 0.0511. The molecule has 2 atom stereocenters. The van der Waals surface area contributed by atoms with Gasteiger partial charge in [0.1, 0.15) is 11.7 Å². The second kappa shape index (κ2) is 11.5. The Morgan fingerprint density at radius 1 is 1.60 bits per heavy atom. The highest BCUT2D eigenvalue weighted by molar-refractivity contribution is 6.12. The monoisotopic (exact) mass is 412 g/mol. The number of aromatic nitrogens is 1. The van der Waals surface area contributed by atoms with Crippen molar-refractivity contribution < 1.29 is 9.18 Å². The van der Waals surface area contributed by atoms with Crippen LogP contribution in [0.1, 0.15) is 50.4 Å². The van der Waals surface area contributed by atoms with Crippen LogP contribution in [-0.4, -0.2) is 54.6 Å². The Bertz CT molecular complexity index is 813. The van der Waals surface area contributed by atoms with E-state index in [-0.39, 0.29) is 11.9 Å². The second-order valence-corrected chi connectivity index (χ2v) is 7.25. The molecule has 2 heterocycles. The van der Waals surface area contributed by atoms with Crippen LogP contribution >= 0.6 is 0 Å². The Morgan fingerprint density at radius 2 is 2.37 bits per heavy atom. The fraction of sp³-hybridized carbons (Fsp3) is 0.476. The van der Waals surface area contributed by atoms with E-state index < -0.39 is 5.94 Å². The van der Waals surface area contributed by atoms with Crippen molar-refractivity contribution in [1.29, 1.82) is 0 Å². The molecule has 1 aromatic rings. The lowest BCUT2D eigenvalue weighted by atomic mass is 9.90. The van der Waals surface area contributed by atoms with E-state index in [4.69, 9.17) is 13.6 Å². The van der Waals surface area contributed by atoms with Gasteiger partial charge < -0.3 is 11.1 Å². The Labute approximate surface area is 179 Å². The van der Waals surface area contributed by atoms with Crippen LogP contribution in [0.4, 0.5) is 4.39 Å². The molecule has 2 radical (unpaired) electrons. The van der Waals surface area contributed by atoms with Crippen LogP contribution < -0.4 is 11.1 Å². The molecular weight excluding hydrogens is 382 g/mol. The number of aryl methyl sites for hydroxylation is 1. The number of aliphatic imine (C=N–C) groups is 1. The third kappa shape index (κ3) is 5.92. The van der Waals surface area contributed by atoms with Crippen molar-refractivity contribution in [2.24, 2.45) is 10.7 Å². The van der Waals surface area contributed by atoms with Gasteiger partial charge in [-0.3, -0.25) is 14.8 Å². The number of halogens is 1. The molecule has 1 aromatic heterocycles. The number of nitrogens with zero attached hydrogens (tertiary/aromatic N) is 4. The molecule has 0 aromatic carbocycles. The normalized spacial score (nSPS) is 19.3. The number of carbonyl (C=O) groups is 1. The Balaban J connectivity index is 2.33. The molecule has 0 saturated carbocycles. The Kier molecular flexibility index (Phi) is 9.04. The quantitative estimate of drug-likeness (QED) is 0.281. The number of allylic oxidation sites excluding steroid dienone is 1. The lowest BCUT2D eigenvalue weighted by Gasteiger charge is -2.36. The summed E-state index contributed by atoms with van der Waals surface area (Å²) in [4.78, 5) is 19.4. The number of hydrogen-bond donors (Lipinski definition) is 2. The first-order valence-electron chi connectivity index (χ1n) is 10.1. The minimum Gasteiger partial charge on any atom is -0.404 e. The summed E-state index contributed by atoms with van der Waals surface area (Å²) in [5, 5.41) is 6.68. The van der Waals surface area contributed by atoms with E-state index in [9.17, 15) is 9.18 Å². The fourth-order valence-electron chi connectivity index (χ4n) is 3.65. The maximum Gasteiger partial charge on any atom is 0.206 e. The fourth-order valence-corrected chi connectivity index (χ4v) is 3.65. The molecule has 1 amide bonds. The molecule has 1 aliphatic rings. The van der Waals surface area contributed by atoms with Crippen molar-refractivity contribution in [3.05, 3.63) is 53.4 Å². The lowest BCUT2D eigenvalue weighted by molar-refractivity contribution is -0.109. The first-order valence-corrected chi connectivity index (χ1v) is 10.1. The lowest BCUT2D eigenvalue weighted by Crippen LogP contribution is -2.44. The highest BCUT2D eigenvalue weighted by Crippen LogP contribution is 2.35. The molecule has 0 bridgehead atoms. The molecule has 1 saturated heterocycles. The van der Waals surface area contributed by atoms with Gasteiger partial charge in [-0.25, -0.2) is 14.4 Å². The van der Waals surface area contributed by atoms with E-state index in [1.54, 1.807) is 12.3 Å². The third-order valence-electron chi connectivity index (χ3n) is 5.17. The van der Waals surface area contributed by atoms with E-state index in [2.05, 4.69) is 20.3 Å². The van der Waals surface area contributed by atoms with Crippen LogP contribution in [0.2, 0.25) is 0 Å². The summed E-state index contributed by atoms with van der Waals surface area (Å²) in [7, 11) is 7.81. The first-order chi connectivity index (χ1) is 14.4. The average molecular weight is 412 g/mol. The number of hydrazine groups is 1. The molecule has 1 unspecified atom stereocenters. The Hall–Kier alpha value is -2.68. The second-order valence-electron chi connectivity index (χ2n) is 7.25. The van der Waals surface area contributed by atoms with Gasteiger partial charge in [0.05, 0.1) is 20.1 Å². The molecule has 0 spiro atoms. The van der Waals surface area contributed by atoms with E-state index in [1.165, 1.54) is 12.4 Å². The van der Waals surface area contributed by atoms with Gasteiger partial charge in [0, 0.05) is 37.3 Å². The molecule has 1 fully saturated rings. The maximum absolute atomic E-state index is 14.1. The number of carbonyl (C=O) groups excluding carboxylic acids is 1.